The Balaban J connectivity index is 1.76. The van der Waals surface area contributed by atoms with Gasteiger partial charge < -0.3 is 10.1 Å². The molecule has 1 aromatic heterocycles. The summed E-state index contributed by atoms with van der Waals surface area (Å²) in [5, 5.41) is 11.3. The van der Waals surface area contributed by atoms with E-state index in [1.807, 2.05) is 29.8 Å². The lowest BCUT2D eigenvalue weighted by Gasteiger charge is -2.13. The Bertz CT molecular complexity index is 1160. The highest BCUT2D eigenvalue weighted by molar-refractivity contribution is 5.97. The minimum atomic E-state index is 0.629. The van der Waals surface area contributed by atoms with E-state index in [1.165, 1.54) is 21.9 Å². The van der Waals surface area contributed by atoms with Crippen molar-refractivity contribution in [3.63, 3.8) is 0 Å². The zero-order chi connectivity index (χ0) is 19.6. The lowest BCUT2D eigenvalue weighted by Crippen LogP contribution is -2.08. The molecule has 146 valence electrons. The average Bonchev–Trinajstić information content (AvgIpc) is 2.94. The van der Waals surface area contributed by atoms with Crippen molar-refractivity contribution in [3.05, 3.63) is 72.3 Å². The zero-order valence-electron chi connectivity index (χ0n) is 16.7. The third-order valence-electron chi connectivity index (χ3n) is 5.57. The number of anilines is 1. The Morgan fingerprint density at radius 1 is 0.966 bits per heavy atom. The number of aromatic nitrogens is 2. The molecule has 4 heteroatoms. The topological polar surface area (TPSA) is 39.1 Å². The van der Waals surface area contributed by atoms with Crippen LogP contribution in [0.25, 0.3) is 27.7 Å². The van der Waals surface area contributed by atoms with Crippen LogP contribution in [0.15, 0.2) is 66.7 Å². The number of fused-ring (bicyclic) bond motifs is 2. The normalized spacial score (nSPS) is 13.6. The number of nitrogens with zero attached hydrogens (tertiary/aromatic N) is 2. The Labute approximate surface area is 171 Å². The molecule has 0 amide bonds. The second-order valence-electron chi connectivity index (χ2n) is 7.40. The third kappa shape index (κ3) is 3.15. The fraction of sp³-hybridized carbons (Fsp3) is 0.240. The van der Waals surface area contributed by atoms with E-state index in [9.17, 15) is 0 Å². The van der Waals surface area contributed by atoms with E-state index in [4.69, 9.17) is 9.84 Å². The first-order valence-corrected chi connectivity index (χ1v) is 10.4. The van der Waals surface area contributed by atoms with Gasteiger partial charge in [-0.05, 0) is 49.1 Å². The molecule has 29 heavy (non-hydrogen) atoms. The number of benzene rings is 3. The van der Waals surface area contributed by atoms with Gasteiger partial charge in [0.1, 0.15) is 17.3 Å². The molecule has 1 N–H and O–H groups in total. The van der Waals surface area contributed by atoms with Gasteiger partial charge in [-0.1, -0.05) is 54.6 Å². The van der Waals surface area contributed by atoms with E-state index in [2.05, 4.69) is 53.8 Å². The van der Waals surface area contributed by atoms with Crippen LogP contribution in [0.4, 0.5) is 5.82 Å². The molecule has 4 nitrogen and oxygen atoms in total. The van der Waals surface area contributed by atoms with Crippen LogP contribution < -0.4 is 10.1 Å². The maximum Gasteiger partial charge on any atom is 0.145 e. The van der Waals surface area contributed by atoms with E-state index >= 15 is 0 Å². The number of hydrogen-bond acceptors (Lipinski definition) is 3. The summed E-state index contributed by atoms with van der Waals surface area (Å²) in [6, 6.07) is 23.2. The van der Waals surface area contributed by atoms with Crippen LogP contribution in [0, 0.1) is 0 Å². The Morgan fingerprint density at radius 3 is 2.72 bits per heavy atom. The first-order valence-electron chi connectivity index (χ1n) is 10.4. The van der Waals surface area contributed by atoms with Crippen LogP contribution in [0.5, 0.6) is 5.75 Å². The van der Waals surface area contributed by atoms with Crippen molar-refractivity contribution < 1.29 is 4.74 Å². The molecule has 4 aromatic rings. The molecule has 0 spiro atoms. The smallest absolute Gasteiger partial charge is 0.145 e. The molecule has 3 aromatic carbocycles. The maximum atomic E-state index is 5.91. The zero-order valence-corrected chi connectivity index (χ0v) is 16.7. The quantitative estimate of drug-likeness (QED) is 0.481. The van der Waals surface area contributed by atoms with Crippen molar-refractivity contribution in [2.24, 2.45) is 0 Å². The number of rotatable bonds is 4. The van der Waals surface area contributed by atoms with Gasteiger partial charge in [-0.15, -0.1) is 0 Å². The first kappa shape index (κ1) is 17.8. The van der Waals surface area contributed by atoms with Crippen molar-refractivity contribution in [1.82, 2.24) is 9.78 Å². The van der Waals surface area contributed by atoms with Crippen LogP contribution in [0.1, 0.15) is 25.3 Å². The van der Waals surface area contributed by atoms with E-state index in [1.54, 1.807) is 0 Å². The van der Waals surface area contributed by atoms with Gasteiger partial charge >= 0.3 is 0 Å². The second kappa shape index (κ2) is 7.63. The second-order valence-corrected chi connectivity index (χ2v) is 7.40. The van der Waals surface area contributed by atoms with Gasteiger partial charge in [-0.3, -0.25) is 0 Å². The largest absolute Gasteiger partial charge is 0.492 e. The van der Waals surface area contributed by atoms with Gasteiger partial charge in [0.05, 0.1) is 12.3 Å². The lowest BCUT2D eigenvalue weighted by molar-refractivity contribution is 0.338. The molecule has 2 heterocycles. The molecule has 1 aliphatic heterocycles. The number of hydrogen-bond donors (Lipinski definition) is 1. The first-order chi connectivity index (χ1) is 14.4. The Morgan fingerprint density at radius 2 is 1.79 bits per heavy atom. The van der Waals surface area contributed by atoms with Crippen LogP contribution in [-0.2, 0) is 6.42 Å². The summed E-state index contributed by atoms with van der Waals surface area (Å²) in [7, 11) is 0. The summed E-state index contributed by atoms with van der Waals surface area (Å²) in [5.41, 5.74) is 4.53. The van der Waals surface area contributed by atoms with Crippen LogP contribution in [0.2, 0.25) is 0 Å². The van der Waals surface area contributed by atoms with Crippen LogP contribution in [-0.4, -0.2) is 22.9 Å². The van der Waals surface area contributed by atoms with Gasteiger partial charge in [-0.25, -0.2) is 4.68 Å². The van der Waals surface area contributed by atoms with E-state index < -0.39 is 0 Å². The Kier molecular flexibility index (Phi) is 4.68. The summed E-state index contributed by atoms with van der Waals surface area (Å²) in [5.74, 6) is 1.95. The van der Waals surface area contributed by atoms with Crippen molar-refractivity contribution >= 4 is 16.6 Å². The molecule has 0 saturated carbocycles. The lowest BCUT2D eigenvalue weighted by atomic mass is 9.98. The van der Waals surface area contributed by atoms with Crippen molar-refractivity contribution in [3.8, 4) is 22.7 Å². The number of ether oxygens (including phenoxy) is 1. The van der Waals surface area contributed by atoms with Gasteiger partial charge in [0.15, 0.2) is 0 Å². The van der Waals surface area contributed by atoms with E-state index in [-0.39, 0.29) is 0 Å². The standard InChI is InChI=1S/C25H25N3O/c1-2-29-23-16-6-5-15-22(23)28-25-21(13-7-8-17-26-25)24(27-28)20-14-9-11-18-10-3-4-12-19(18)20/h3-6,9-12,14-16,26H,2,7-8,13,17H2,1H3. The predicted molar refractivity (Wildman–Crippen MR) is 119 cm³/mol. The molecule has 1 aliphatic rings. The van der Waals surface area contributed by atoms with Gasteiger partial charge in [-0.2, -0.15) is 5.10 Å². The van der Waals surface area contributed by atoms with Crippen molar-refractivity contribution in [2.75, 3.05) is 18.5 Å². The number of nitrogens with one attached hydrogen (secondary N) is 1. The van der Waals surface area contributed by atoms with E-state index in [0.717, 1.165) is 48.8 Å². The minimum absolute atomic E-state index is 0.629. The predicted octanol–water partition coefficient (Wildman–Crippen LogP) is 5.84. The fourth-order valence-electron chi connectivity index (χ4n) is 4.23. The highest BCUT2D eigenvalue weighted by Crippen LogP contribution is 2.38. The molecule has 0 atom stereocenters. The Hall–Kier alpha value is -3.27. The third-order valence-corrected chi connectivity index (χ3v) is 5.57. The summed E-state index contributed by atoms with van der Waals surface area (Å²) >= 11 is 0. The SMILES string of the molecule is CCOc1ccccc1-n1nc(-c2cccc3ccccc23)c2c1NCCCC2. The molecule has 0 radical (unpaired) electrons. The van der Waals surface area contributed by atoms with E-state index in [0.29, 0.717) is 6.61 Å². The molecule has 0 fully saturated rings. The van der Waals surface area contributed by atoms with Gasteiger partial charge in [0.2, 0.25) is 0 Å². The fourth-order valence-corrected chi connectivity index (χ4v) is 4.23. The molecule has 0 unspecified atom stereocenters. The average molecular weight is 383 g/mol. The molecular formula is C25H25N3O. The molecule has 5 rings (SSSR count). The molecule has 0 aliphatic carbocycles. The molecule has 0 bridgehead atoms. The van der Waals surface area contributed by atoms with Crippen LogP contribution >= 0.6 is 0 Å². The molecular weight excluding hydrogens is 358 g/mol. The summed E-state index contributed by atoms with van der Waals surface area (Å²) in [4.78, 5) is 0. The number of para-hydroxylation sites is 2. The molecule has 0 saturated heterocycles. The summed E-state index contributed by atoms with van der Waals surface area (Å²) < 4.78 is 7.95. The monoisotopic (exact) mass is 383 g/mol. The highest BCUT2D eigenvalue weighted by Gasteiger charge is 2.23. The van der Waals surface area contributed by atoms with Gasteiger partial charge in [0.25, 0.3) is 0 Å². The minimum Gasteiger partial charge on any atom is -0.492 e. The summed E-state index contributed by atoms with van der Waals surface area (Å²) in [6.45, 7) is 3.61. The van der Waals surface area contributed by atoms with Crippen molar-refractivity contribution in [2.45, 2.75) is 26.2 Å². The van der Waals surface area contributed by atoms with Gasteiger partial charge in [0, 0.05) is 17.7 Å². The van der Waals surface area contributed by atoms with Crippen molar-refractivity contribution in [1.29, 1.82) is 0 Å². The summed E-state index contributed by atoms with van der Waals surface area (Å²) in [6.07, 6.45) is 3.35. The van der Waals surface area contributed by atoms with Crippen LogP contribution in [0.3, 0.4) is 0 Å². The maximum absolute atomic E-state index is 5.91. The highest BCUT2D eigenvalue weighted by atomic mass is 16.5.